The molecular formula is C19H16F2N2O4. The maximum atomic E-state index is 12.5. The van der Waals surface area contributed by atoms with Crippen molar-refractivity contribution in [3.05, 3.63) is 75.3 Å². The van der Waals surface area contributed by atoms with Crippen molar-refractivity contribution in [1.82, 2.24) is 4.90 Å². The van der Waals surface area contributed by atoms with Crippen molar-refractivity contribution in [2.75, 3.05) is 6.54 Å². The molecule has 0 spiro atoms. The Morgan fingerprint density at radius 3 is 2.67 bits per heavy atom. The molecule has 0 N–H and O–H groups in total. The van der Waals surface area contributed by atoms with Crippen molar-refractivity contribution in [3.63, 3.8) is 0 Å². The van der Waals surface area contributed by atoms with Crippen molar-refractivity contribution in [1.29, 1.82) is 0 Å². The van der Waals surface area contributed by atoms with Gasteiger partial charge in [0.2, 0.25) is 5.91 Å². The lowest BCUT2D eigenvalue weighted by atomic mass is 10.00. The molecule has 0 atom stereocenters. The molecule has 0 fully saturated rings. The summed E-state index contributed by atoms with van der Waals surface area (Å²) in [4.78, 5) is 24.3. The number of amides is 1. The molecule has 0 saturated carbocycles. The third kappa shape index (κ3) is 4.46. The highest BCUT2D eigenvalue weighted by molar-refractivity contribution is 5.92. The Bertz CT molecular complexity index is 899. The Labute approximate surface area is 153 Å². The number of carbonyl (C=O) groups is 1. The van der Waals surface area contributed by atoms with Crippen LogP contribution in [0.1, 0.15) is 16.7 Å². The van der Waals surface area contributed by atoms with E-state index in [4.69, 9.17) is 0 Å². The highest BCUT2D eigenvalue weighted by atomic mass is 19.3. The molecule has 0 saturated heterocycles. The second-order valence-corrected chi connectivity index (χ2v) is 5.97. The second kappa shape index (κ2) is 7.94. The van der Waals surface area contributed by atoms with Gasteiger partial charge in [-0.05, 0) is 29.7 Å². The fraction of sp³-hybridized carbons (Fsp3) is 0.211. The number of ether oxygens (including phenoxy) is 1. The quantitative estimate of drug-likeness (QED) is 0.453. The standard InChI is InChI=1S/C19H16F2N2O4/c20-19(21)27-17-7-6-16(23(25)26)11-14(17)5-8-18(24)22-10-9-13-3-1-2-4-15(13)12-22/h1-8,11,19H,9-10,12H2/b8-5+. The number of hydrogen-bond acceptors (Lipinski definition) is 4. The molecule has 27 heavy (non-hydrogen) atoms. The number of rotatable bonds is 5. The van der Waals surface area contributed by atoms with Gasteiger partial charge in [-0.2, -0.15) is 8.78 Å². The summed E-state index contributed by atoms with van der Waals surface area (Å²) in [6, 6.07) is 11.1. The maximum absolute atomic E-state index is 12.5. The van der Waals surface area contributed by atoms with Crippen molar-refractivity contribution in [3.8, 4) is 5.75 Å². The zero-order chi connectivity index (χ0) is 19.4. The van der Waals surface area contributed by atoms with Gasteiger partial charge in [-0.1, -0.05) is 24.3 Å². The summed E-state index contributed by atoms with van der Waals surface area (Å²) in [5.41, 5.74) is 2.00. The number of nitro benzene ring substituents is 1. The number of halogens is 2. The maximum Gasteiger partial charge on any atom is 0.387 e. The number of non-ortho nitro benzene ring substituents is 1. The average Bonchev–Trinajstić information content (AvgIpc) is 2.66. The Kier molecular flexibility index (Phi) is 5.44. The van der Waals surface area contributed by atoms with E-state index in [1.54, 1.807) is 4.90 Å². The molecule has 8 heteroatoms. The van der Waals surface area contributed by atoms with Crippen LogP contribution in [0.3, 0.4) is 0 Å². The third-order valence-electron chi connectivity index (χ3n) is 4.27. The lowest BCUT2D eigenvalue weighted by molar-refractivity contribution is -0.384. The number of hydrogen-bond donors (Lipinski definition) is 0. The molecule has 0 aliphatic carbocycles. The first-order chi connectivity index (χ1) is 12.9. The molecule has 1 aliphatic rings. The molecule has 0 radical (unpaired) electrons. The van der Waals surface area contributed by atoms with Crippen LogP contribution in [-0.2, 0) is 17.8 Å². The normalized spacial score (nSPS) is 13.7. The lowest BCUT2D eigenvalue weighted by Crippen LogP contribution is -2.34. The van der Waals surface area contributed by atoms with Crippen molar-refractivity contribution >= 4 is 17.7 Å². The molecule has 1 amide bonds. The summed E-state index contributed by atoms with van der Waals surface area (Å²) in [5, 5.41) is 10.9. The Morgan fingerprint density at radius 2 is 1.96 bits per heavy atom. The largest absolute Gasteiger partial charge is 0.434 e. The minimum atomic E-state index is -3.08. The first-order valence-corrected chi connectivity index (χ1v) is 8.21. The van der Waals surface area contributed by atoms with Gasteiger partial charge >= 0.3 is 6.61 Å². The summed E-state index contributed by atoms with van der Waals surface area (Å²) in [7, 11) is 0. The van der Waals surface area contributed by atoms with Crippen molar-refractivity contribution < 1.29 is 23.2 Å². The molecular weight excluding hydrogens is 358 g/mol. The van der Waals surface area contributed by atoms with Gasteiger partial charge in [-0.25, -0.2) is 0 Å². The van der Waals surface area contributed by atoms with Gasteiger partial charge in [0.1, 0.15) is 5.75 Å². The van der Waals surface area contributed by atoms with Crippen LogP contribution in [0.5, 0.6) is 5.75 Å². The number of benzene rings is 2. The smallest absolute Gasteiger partial charge is 0.387 e. The van der Waals surface area contributed by atoms with Crippen LogP contribution < -0.4 is 4.74 Å². The number of carbonyl (C=O) groups excluding carboxylic acids is 1. The Morgan fingerprint density at radius 1 is 1.22 bits per heavy atom. The van der Waals surface area contributed by atoms with E-state index < -0.39 is 11.5 Å². The molecule has 3 rings (SSSR count). The van der Waals surface area contributed by atoms with Crippen molar-refractivity contribution in [2.24, 2.45) is 0 Å². The van der Waals surface area contributed by atoms with Gasteiger partial charge in [-0.3, -0.25) is 14.9 Å². The van der Waals surface area contributed by atoms with E-state index in [0.717, 1.165) is 30.2 Å². The molecule has 0 unspecified atom stereocenters. The lowest BCUT2D eigenvalue weighted by Gasteiger charge is -2.27. The van der Waals surface area contributed by atoms with Gasteiger partial charge in [0.25, 0.3) is 5.69 Å². The zero-order valence-corrected chi connectivity index (χ0v) is 14.2. The third-order valence-corrected chi connectivity index (χ3v) is 4.27. The first kappa shape index (κ1) is 18.5. The summed E-state index contributed by atoms with van der Waals surface area (Å²) in [6.45, 7) is -2.09. The molecule has 6 nitrogen and oxygen atoms in total. The van der Waals surface area contributed by atoms with E-state index >= 15 is 0 Å². The SMILES string of the molecule is O=C(/C=C/c1cc([N+](=O)[O-])ccc1OC(F)F)N1CCc2ccccc2C1. The van der Waals surface area contributed by atoms with Crippen LogP contribution in [0.2, 0.25) is 0 Å². The molecule has 1 aliphatic heterocycles. The predicted molar refractivity (Wildman–Crippen MR) is 94.3 cm³/mol. The van der Waals surface area contributed by atoms with Gasteiger partial charge in [-0.15, -0.1) is 0 Å². The highest BCUT2D eigenvalue weighted by Crippen LogP contribution is 2.27. The van der Waals surface area contributed by atoms with Gasteiger partial charge in [0.05, 0.1) is 4.92 Å². The fourth-order valence-corrected chi connectivity index (χ4v) is 2.93. The first-order valence-electron chi connectivity index (χ1n) is 8.21. The molecule has 0 bridgehead atoms. The topological polar surface area (TPSA) is 72.7 Å². The van der Waals surface area contributed by atoms with Crippen LogP contribution in [0.25, 0.3) is 6.08 Å². The summed E-state index contributed by atoms with van der Waals surface area (Å²) in [5.74, 6) is -0.539. The molecule has 2 aromatic carbocycles. The van der Waals surface area contributed by atoms with E-state index in [2.05, 4.69) is 4.74 Å². The zero-order valence-electron chi connectivity index (χ0n) is 14.2. The van der Waals surface area contributed by atoms with Gasteiger partial charge in [0, 0.05) is 36.9 Å². The van der Waals surface area contributed by atoms with Crippen LogP contribution in [0.4, 0.5) is 14.5 Å². The monoisotopic (exact) mass is 374 g/mol. The van der Waals surface area contributed by atoms with Crippen molar-refractivity contribution in [2.45, 2.75) is 19.6 Å². The second-order valence-electron chi connectivity index (χ2n) is 5.97. The number of nitro groups is 1. The van der Waals surface area contributed by atoms with E-state index in [-0.39, 0.29) is 22.9 Å². The van der Waals surface area contributed by atoms with Crippen LogP contribution in [-0.4, -0.2) is 28.9 Å². The Hall–Kier alpha value is -3.29. The fourth-order valence-electron chi connectivity index (χ4n) is 2.93. The van der Waals surface area contributed by atoms with E-state index in [1.807, 2.05) is 24.3 Å². The highest BCUT2D eigenvalue weighted by Gasteiger charge is 2.19. The van der Waals surface area contributed by atoms with Gasteiger partial charge < -0.3 is 9.64 Å². The average molecular weight is 374 g/mol. The van der Waals surface area contributed by atoms with E-state index in [9.17, 15) is 23.7 Å². The summed E-state index contributed by atoms with van der Waals surface area (Å²) in [6.07, 6.45) is 3.20. The van der Waals surface area contributed by atoms with Crippen LogP contribution >= 0.6 is 0 Å². The Balaban J connectivity index is 1.79. The minimum absolute atomic E-state index is 0.0373. The van der Waals surface area contributed by atoms with E-state index in [0.29, 0.717) is 13.1 Å². The van der Waals surface area contributed by atoms with Crippen LogP contribution in [0, 0.1) is 10.1 Å². The molecule has 0 aromatic heterocycles. The molecule has 2 aromatic rings. The summed E-state index contributed by atoms with van der Waals surface area (Å²) < 4.78 is 29.4. The predicted octanol–water partition coefficient (Wildman–Crippen LogP) is 3.79. The number of fused-ring (bicyclic) bond motifs is 1. The number of nitrogens with zero attached hydrogens (tertiary/aromatic N) is 2. The minimum Gasteiger partial charge on any atom is -0.434 e. The number of alkyl halides is 2. The summed E-state index contributed by atoms with van der Waals surface area (Å²) >= 11 is 0. The van der Waals surface area contributed by atoms with Crippen LogP contribution in [0.15, 0.2) is 48.5 Å². The van der Waals surface area contributed by atoms with E-state index in [1.165, 1.54) is 17.7 Å². The molecule has 140 valence electrons. The van der Waals surface area contributed by atoms with Gasteiger partial charge in [0.15, 0.2) is 0 Å². The molecule has 1 heterocycles.